The van der Waals surface area contributed by atoms with Crippen molar-refractivity contribution in [2.24, 2.45) is 0 Å². The molecule has 1 saturated heterocycles. The van der Waals surface area contributed by atoms with Gasteiger partial charge in [-0.15, -0.1) is 6.42 Å². The van der Waals surface area contributed by atoms with Crippen LogP contribution in [0.25, 0.3) is 0 Å². The van der Waals surface area contributed by atoms with Crippen LogP contribution in [0.15, 0.2) is 47.4 Å². The van der Waals surface area contributed by atoms with Crippen molar-refractivity contribution in [3.63, 3.8) is 0 Å². The van der Waals surface area contributed by atoms with E-state index in [4.69, 9.17) is 15.9 Å². The molecular formula is C18H19F3O4S. The Morgan fingerprint density at radius 2 is 1.81 bits per heavy atom. The molecule has 0 radical (unpaired) electrons. The fourth-order valence-electron chi connectivity index (χ4n) is 3.16. The third-order valence-corrected chi connectivity index (χ3v) is 6.73. The van der Waals surface area contributed by atoms with E-state index in [0.29, 0.717) is 0 Å². The first-order valence-corrected chi connectivity index (χ1v) is 9.20. The lowest BCUT2D eigenvalue weighted by molar-refractivity contribution is -0.384. The molecule has 0 amide bonds. The first-order valence-electron chi connectivity index (χ1n) is 7.72. The molecule has 1 heterocycles. The van der Waals surface area contributed by atoms with Gasteiger partial charge in [-0.25, -0.2) is 8.42 Å². The van der Waals surface area contributed by atoms with E-state index in [1.165, 1.54) is 51.1 Å². The lowest BCUT2D eigenvalue weighted by Crippen LogP contribution is -2.65. The molecule has 0 bridgehead atoms. The molecule has 1 fully saturated rings. The molecule has 0 N–H and O–H groups in total. The van der Waals surface area contributed by atoms with Gasteiger partial charge in [-0.3, -0.25) is 0 Å². The van der Waals surface area contributed by atoms with Crippen molar-refractivity contribution in [1.82, 2.24) is 0 Å². The van der Waals surface area contributed by atoms with Crippen LogP contribution < -0.4 is 0 Å². The maximum Gasteiger partial charge on any atom is 0.446 e. The molecule has 0 aromatic heterocycles. The van der Waals surface area contributed by atoms with Gasteiger partial charge >= 0.3 is 12.0 Å². The summed E-state index contributed by atoms with van der Waals surface area (Å²) in [7, 11) is -4.79. The lowest BCUT2D eigenvalue weighted by Gasteiger charge is -2.40. The molecule has 2 rings (SSSR count). The highest BCUT2D eigenvalue weighted by atomic mass is 32.2. The van der Waals surface area contributed by atoms with Gasteiger partial charge in [0.05, 0.1) is 10.5 Å². The van der Waals surface area contributed by atoms with Gasteiger partial charge in [-0.05, 0) is 38.5 Å². The maximum absolute atomic E-state index is 14.2. The van der Waals surface area contributed by atoms with Gasteiger partial charge in [0.1, 0.15) is 0 Å². The number of benzene rings is 1. The smallest absolute Gasteiger partial charge is 0.341 e. The molecule has 0 spiro atoms. The monoisotopic (exact) mass is 388 g/mol. The molecule has 0 aliphatic carbocycles. The fraction of sp³-hybridized carbons (Fsp3) is 0.444. The summed E-state index contributed by atoms with van der Waals surface area (Å²) in [5, 5.41) is 0. The van der Waals surface area contributed by atoms with E-state index in [9.17, 15) is 21.6 Å². The molecule has 1 aliphatic rings. The van der Waals surface area contributed by atoms with Crippen molar-refractivity contribution >= 4 is 9.84 Å². The first-order chi connectivity index (χ1) is 11.8. The highest BCUT2D eigenvalue weighted by Gasteiger charge is 2.82. The van der Waals surface area contributed by atoms with Crippen molar-refractivity contribution in [3.05, 3.63) is 42.5 Å². The Balaban J connectivity index is 2.98. The van der Waals surface area contributed by atoms with Crippen molar-refractivity contribution in [1.29, 1.82) is 0 Å². The second kappa shape index (κ2) is 6.12. The molecule has 1 aromatic rings. The van der Waals surface area contributed by atoms with E-state index in [1.807, 2.05) is 5.92 Å². The SMILES string of the molecule is C#C[C@]1(S(=O)(=O)c2ccccc2)C(=C)C(C)(C)O[C@@]1(OCC)C(F)(F)F. The molecule has 8 heteroatoms. The Bertz CT molecular complexity index is 853. The number of hydrogen-bond donors (Lipinski definition) is 0. The van der Waals surface area contributed by atoms with E-state index in [-0.39, 0.29) is 4.90 Å². The Hall–Kier alpha value is -1.82. The predicted molar refractivity (Wildman–Crippen MR) is 89.9 cm³/mol. The number of hydrogen-bond acceptors (Lipinski definition) is 4. The van der Waals surface area contributed by atoms with E-state index < -0.39 is 44.3 Å². The number of halogens is 3. The van der Waals surface area contributed by atoms with Crippen molar-refractivity contribution in [3.8, 4) is 12.3 Å². The van der Waals surface area contributed by atoms with Gasteiger partial charge in [-0.2, -0.15) is 13.2 Å². The average molecular weight is 388 g/mol. The normalized spacial score (nSPS) is 28.7. The summed E-state index contributed by atoms with van der Waals surface area (Å²) in [4.78, 5) is -0.381. The van der Waals surface area contributed by atoms with Gasteiger partial charge in [0.2, 0.25) is 14.6 Å². The second-order valence-corrected chi connectivity index (χ2v) is 8.37. The topological polar surface area (TPSA) is 52.6 Å². The zero-order valence-corrected chi connectivity index (χ0v) is 15.4. The number of alkyl halides is 3. The summed E-state index contributed by atoms with van der Waals surface area (Å²) in [5.74, 6) is -1.74. The van der Waals surface area contributed by atoms with Crippen LogP contribution in [0.3, 0.4) is 0 Å². The van der Waals surface area contributed by atoms with Gasteiger partial charge in [0, 0.05) is 6.61 Å². The van der Waals surface area contributed by atoms with E-state index in [2.05, 4.69) is 6.58 Å². The fourth-order valence-corrected chi connectivity index (χ4v) is 5.33. The van der Waals surface area contributed by atoms with Crippen LogP contribution in [0.5, 0.6) is 0 Å². The minimum Gasteiger partial charge on any atom is -0.341 e. The van der Waals surface area contributed by atoms with Crippen LogP contribution in [-0.2, 0) is 19.3 Å². The Kier molecular flexibility index (Phi) is 4.82. The standard InChI is InChI=1S/C18H19F3O4S/c1-6-16(26(22,23)14-11-9-8-10-12-14)13(3)15(4,5)25-17(16,24-7-2)18(19,20)21/h1,8-12H,3,7H2,2,4-5H3/t16-,17+/m0/s1. The lowest BCUT2D eigenvalue weighted by atomic mass is 9.86. The third-order valence-electron chi connectivity index (χ3n) is 4.39. The highest BCUT2D eigenvalue weighted by Crippen LogP contribution is 2.60. The largest absolute Gasteiger partial charge is 0.446 e. The quantitative estimate of drug-likeness (QED) is 0.585. The van der Waals surface area contributed by atoms with E-state index in [0.717, 1.165) is 0 Å². The molecule has 26 heavy (non-hydrogen) atoms. The first kappa shape index (κ1) is 20.5. The minimum atomic E-state index is -5.24. The van der Waals surface area contributed by atoms with Gasteiger partial charge < -0.3 is 9.47 Å². The average Bonchev–Trinajstić information content (AvgIpc) is 2.73. The van der Waals surface area contributed by atoms with Crippen molar-refractivity contribution in [2.75, 3.05) is 6.61 Å². The molecule has 4 nitrogen and oxygen atoms in total. The molecular weight excluding hydrogens is 369 g/mol. The maximum atomic E-state index is 14.2. The third kappa shape index (κ3) is 2.42. The number of ether oxygens (including phenoxy) is 2. The van der Waals surface area contributed by atoms with E-state index in [1.54, 1.807) is 0 Å². The summed E-state index contributed by atoms with van der Waals surface area (Å²) in [6.07, 6.45) is 0.214. The summed E-state index contributed by atoms with van der Waals surface area (Å²) >= 11 is 0. The number of rotatable bonds is 4. The van der Waals surface area contributed by atoms with Gasteiger partial charge in [0.25, 0.3) is 0 Å². The van der Waals surface area contributed by atoms with Crippen LogP contribution in [0.1, 0.15) is 20.8 Å². The van der Waals surface area contributed by atoms with Gasteiger partial charge in [-0.1, -0.05) is 30.7 Å². The van der Waals surface area contributed by atoms with Crippen LogP contribution >= 0.6 is 0 Å². The molecule has 1 aromatic carbocycles. The summed E-state index contributed by atoms with van der Waals surface area (Å²) in [6.45, 7) is 6.95. The zero-order chi connectivity index (χ0) is 20.0. The van der Waals surface area contributed by atoms with Crippen molar-refractivity contribution < 1.29 is 31.1 Å². The minimum absolute atomic E-state index is 0.381. The predicted octanol–water partition coefficient (Wildman–Crippen LogP) is 3.49. The van der Waals surface area contributed by atoms with Crippen LogP contribution in [-0.4, -0.2) is 37.3 Å². The Labute approximate surface area is 150 Å². The summed E-state index contributed by atoms with van der Waals surface area (Å²) in [6, 6.07) is 6.64. The summed E-state index contributed by atoms with van der Waals surface area (Å²) < 4.78 is 76.5. The zero-order valence-electron chi connectivity index (χ0n) is 14.6. The highest BCUT2D eigenvalue weighted by molar-refractivity contribution is 7.93. The van der Waals surface area contributed by atoms with Crippen molar-refractivity contribution in [2.45, 2.75) is 48.0 Å². The molecule has 2 atom stereocenters. The molecule has 142 valence electrons. The summed E-state index contributed by atoms with van der Waals surface area (Å²) in [5.41, 5.74) is -2.11. The van der Waals surface area contributed by atoms with Gasteiger partial charge in [0.15, 0.2) is 0 Å². The van der Waals surface area contributed by atoms with E-state index >= 15 is 0 Å². The molecule has 0 unspecified atom stereocenters. The second-order valence-electron chi connectivity index (χ2n) is 6.28. The van der Waals surface area contributed by atoms with Crippen LogP contribution in [0, 0.1) is 12.3 Å². The Morgan fingerprint density at radius 1 is 1.27 bits per heavy atom. The van der Waals surface area contributed by atoms with Crippen LogP contribution in [0.2, 0.25) is 0 Å². The Morgan fingerprint density at radius 3 is 2.23 bits per heavy atom. The molecule has 0 saturated carbocycles. The molecule has 1 aliphatic heterocycles. The number of sulfone groups is 1. The van der Waals surface area contributed by atoms with Crippen LogP contribution in [0.4, 0.5) is 13.2 Å². The number of terminal acetylenes is 1.